The Kier molecular flexibility index (Phi) is 5.73. The van der Waals surface area contributed by atoms with E-state index in [1.807, 2.05) is 72.8 Å². The monoisotopic (exact) mass is 446 g/mol. The number of amides is 2. The lowest BCUT2D eigenvalue weighted by atomic mass is 10.1. The van der Waals surface area contributed by atoms with E-state index < -0.39 is 0 Å². The molecule has 7 heteroatoms. The molecule has 0 aliphatic carbocycles. The molecule has 0 aromatic heterocycles. The molecule has 2 aliphatic rings. The highest BCUT2D eigenvalue weighted by molar-refractivity contribution is 8.00. The Labute approximate surface area is 190 Å². The SMILES string of the molecule is O=C(Cc1ccccc1)Nc1cccc(C2SCC(=O)N2c2ccc3c(c2)OCCO3)c1. The fourth-order valence-corrected chi connectivity index (χ4v) is 5.06. The number of nitrogens with one attached hydrogen (secondary N) is 1. The second-order valence-electron chi connectivity index (χ2n) is 7.59. The summed E-state index contributed by atoms with van der Waals surface area (Å²) in [6, 6.07) is 22.9. The van der Waals surface area contributed by atoms with E-state index >= 15 is 0 Å². The second-order valence-corrected chi connectivity index (χ2v) is 8.66. The van der Waals surface area contributed by atoms with Gasteiger partial charge in [-0.15, -0.1) is 11.8 Å². The van der Waals surface area contributed by atoms with E-state index in [0.717, 1.165) is 16.8 Å². The first-order valence-corrected chi connectivity index (χ1v) is 11.5. The van der Waals surface area contributed by atoms with Crippen LogP contribution in [0.15, 0.2) is 72.8 Å². The van der Waals surface area contributed by atoms with Crippen molar-refractivity contribution in [1.29, 1.82) is 0 Å². The Morgan fingerprint density at radius 1 is 0.969 bits per heavy atom. The zero-order chi connectivity index (χ0) is 21.9. The molecular weight excluding hydrogens is 424 g/mol. The Morgan fingerprint density at radius 2 is 1.78 bits per heavy atom. The number of anilines is 2. The molecule has 0 spiro atoms. The van der Waals surface area contributed by atoms with Gasteiger partial charge in [0, 0.05) is 17.4 Å². The Balaban J connectivity index is 1.36. The topological polar surface area (TPSA) is 67.9 Å². The van der Waals surface area contributed by atoms with Crippen LogP contribution >= 0.6 is 11.8 Å². The number of benzene rings is 3. The minimum atomic E-state index is -0.184. The number of carbonyl (C=O) groups excluding carboxylic acids is 2. The predicted molar refractivity (Wildman–Crippen MR) is 125 cm³/mol. The van der Waals surface area contributed by atoms with Gasteiger partial charge in [-0.1, -0.05) is 42.5 Å². The Morgan fingerprint density at radius 3 is 2.62 bits per heavy atom. The average molecular weight is 447 g/mol. The van der Waals surface area contributed by atoms with Crippen LogP contribution in [0.2, 0.25) is 0 Å². The number of fused-ring (bicyclic) bond motifs is 1. The summed E-state index contributed by atoms with van der Waals surface area (Å²) in [5.41, 5.74) is 3.40. The van der Waals surface area contributed by atoms with Crippen molar-refractivity contribution in [3.05, 3.63) is 83.9 Å². The Hall–Kier alpha value is -3.45. The van der Waals surface area contributed by atoms with Gasteiger partial charge in [0.05, 0.1) is 12.2 Å². The molecular formula is C25H22N2O4S. The third-order valence-corrected chi connectivity index (χ3v) is 6.55. The van der Waals surface area contributed by atoms with E-state index in [-0.39, 0.29) is 17.2 Å². The highest BCUT2D eigenvalue weighted by Crippen LogP contribution is 2.44. The zero-order valence-corrected chi connectivity index (χ0v) is 18.1. The van der Waals surface area contributed by atoms with Gasteiger partial charge in [0.15, 0.2) is 11.5 Å². The number of hydrogen-bond acceptors (Lipinski definition) is 5. The third kappa shape index (κ3) is 4.29. The molecule has 1 atom stereocenters. The first kappa shape index (κ1) is 20.5. The maximum Gasteiger partial charge on any atom is 0.238 e. The van der Waals surface area contributed by atoms with Crippen LogP contribution in [-0.4, -0.2) is 30.8 Å². The summed E-state index contributed by atoms with van der Waals surface area (Å²) < 4.78 is 11.3. The molecule has 0 saturated carbocycles. The van der Waals surface area contributed by atoms with Crippen LogP contribution in [0.5, 0.6) is 11.5 Å². The number of carbonyl (C=O) groups is 2. The standard InChI is InChI=1S/C25H22N2O4S/c28-23(13-17-5-2-1-3-6-17)26-19-8-4-7-18(14-19)25-27(24(29)16-32-25)20-9-10-21-22(15-20)31-12-11-30-21/h1-10,14-15,25H,11-13,16H2,(H,26,28). The van der Waals surface area contributed by atoms with E-state index in [1.165, 1.54) is 0 Å². The van der Waals surface area contributed by atoms with Crippen molar-refractivity contribution in [2.75, 3.05) is 29.2 Å². The molecule has 1 fully saturated rings. The number of rotatable bonds is 5. The maximum atomic E-state index is 12.8. The summed E-state index contributed by atoms with van der Waals surface area (Å²) in [5.74, 6) is 1.70. The summed E-state index contributed by atoms with van der Waals surface area (Å²) in [7, 11) is 0. The number of hydrogen-bond donors (Lipinski definition) is 1. The fraction of sp³-hybridized carbons (Fsp3) is 0.200. The van der Waals surface area contributed by atoms with Crippen LogP contribution in [-0.2, 0) is 16.0 Å². The van der Waals surface area contributed by atoms with Gasteiger partial charge in [-0.3, -0.25) is 14.5 Å². The third-order valence-electron chi connectivity index (χ3n) is 5.33. The normalized spacial score (nSPS) is 17.3. The molecule has 1 N–H and O–H groups in total. The van der Waals surface area contributed by atoms with Crippen molar-refractivity contribution in [3.8, 4) is 11.5 Å². The van der Waals surface area contributed by atoms with Crippen LogP contribution < -0.4 is 19.7 Å². The Bertz CT molecular complexity index is 1150. The molecule has 32 heavy (non-hydrogen) atoms. The van der Waals surface area contributed by atoms with Crippen LogP contribution in [0.25, 0.3) is 0 Å². The van der Waals surface area contributed by atoms with Gasteiger partial charge < -0.3 is 14.8 Å². The smallest absolute Gasteiger partial charge is 0.238 e. The summed E-state index contributed by atoms with van der Waals surface area (Å²) in [5, 5.41) is 2.79. The fourth-order valence-electron chi connectivity index (χ4n) is 3.89. The number of thioether (sulfide) groups is 1. The summed E-state index contributed by atoms with van der Waals surface area (Å²) in [4.78, 5) is 27.0. The molecule has 5 rings (SSSR count). The zero-order valence-electron chi connectivity index (χ0n) is 17.3. The van der Waals surface area contributed by atoms with Crippen LogP contribution in [0, 0.1) is 0 Å². The molecule has 1 unspecified atom stereocenters. The van der Waals surface area contributed by atoms with Gasteiger partial charge in [-0.25, -0.2) is 0 Å². The molecule has 3 aromatic carbocycles. The molecule has 0 radical (unpaired) electrons. The predicted octanol–water partition coefficient (Wildman–Crippen LogP) is 4.42. The van der Waals surface area contributed by atoms with Crippen LogP contribution in [0.3, 0.4) is 0 Å². The first-order valence-electron chi connectivity index (χ1n) is 10.4. The number of ether oxygens (including phenoxy) is 2. The van der Waals surface area contributed by atoms with Crippen molar-refractivity contribution in [2.24, 2.45) is 0 Å². The van der Waals surface area contributed by atoms with Gasteiger partial charge in [-0.2, -0.15) is 0 Å². The maximum absolute atomic E-state index is 12.8. The van der Waals surface area contributed by atoms with Crippen molar-refractivity contribution in [1.82, 2.24) is 0 Å². The minimum Gasteiger partial charge on any atom is -0.486 e. The highest BCUT2D eigenvalue weighted by atomic mass is 32.2. The van der Waals surface area contributed by atoms with Gasteiger partial charge >= 0.3 is 0 Å². The largest absolute Gasteiger partial charge is 0.486 e. The van der Waals surface area contributed by atoms with E-state index in [4.69, 9.17) is 9.47 Å². The van der Waals surface area contributed by atoms with Gasteiger partial charge in [0.2, 0.25) is 11.8 Å². The molecule has 1 saturated heterocycles. The molecule has 162 valence electrons. The van der Waals surface area contributed by atoms with Crippen LogP contribution in [0.4, 0.5) is 11.4 Å². The summed E-state index contributed by atoms with van der Waals surface area (Å²) >= 11 is 1.57. The number of nitrogens with zero attached hydrogens (tertiary/aromatic N) is 1. The van der Waals surface area contributed by atoms with E-state index in [1.54, 1.807) is 16.7 Å². The van der Waals surface area contributed by atoms with Gasteiger partial charge in [-0.05, 0) is 35.4 Å². The molecule has 0 bridgehead atoms. The highest BCUT2D eigenvalue weighted by Gasteiger charge is 2.35. The molecule has 3 aromatic rings. The van der Waals surface area contributed by atoms with Crippen molar-refractivity contribution < 1.29 is 19.1 Å². The molecule has 2 heterocycles. The lowest BCUT2D eigenvalue weighted by molar-refractivity contribution is -0.116. The molecule has 2 amide bonds. The van der Waals surface area contributed by atoms with Crippen molar-refractivity contribution in [3.63, 3.8) is 0 Å². The quantitative estimate of drug-likeness (QED) is 0.629. The summed E-state index contributed by atoms with van der Waals surface area (Å²) in [6.45, 7) is 1.02. The van der Waals surface area contributed by atoms with Gasteiger partial charge in [0.1, 0.15) is 18.6 Å². The minimum absolute atomic E-state index is 0.0372. The van der Waals surface area contributed by atoms with Gasteiger partial charge in [0.25, 0.3) is 0 Å². The first-order chi connectivity index (χ1) is 15.7. The molecule has 2 aliphatic heterocycles. The average Bonchev–Trinajstić information content (AvgIpc) is 3.21. The van der Waals surface area contributed by atoms with E-state index in [0.29, 0.717) is 42.6 Å². The van der Waals surface area contributed by atoms with E-state index in [2.05, 4.69) is 5.32 Å². The van der Waals surface area contributed by atoms with E-state index in [9.17, 15) is 9.59 Å². The van der Waals surface area contributed by atoms with Crippen molar-refractivity contribution >= 4 is 35.0 Å². The molecule has 6 nitrogen and oxygen atoms in total. The van der Waals surface area contributed by atoms with Crippen LogP contribution in [0.1, 0.15) is 16.5 Å². The summed E-state index contributed by atoms with van der Waals surface area (Å²) in [6.07, 6.45) is 0.311. The second kappa shape index (κ2) is 8.96. The lowest BCUT2D eigenvalue weighted by Gasteiger charge is -2.26. The lowest BCUT2D eigenvalue weighted by Crippen LogP contribution is -2.28. The van der Waals surface area contributed by atoms with Crippen molar-refractivity contribution in [2.45, 2.75) is 11.8 Å².